The second kappa shape index (κ2) is 4.55. The minimum atomic E-state index is -1.06. The Morgan fingerprint density at radius 2 is 2.29 bits per heavy atom. The molecule has 0 aliphatic carbocycles. The maximum atomic E-state index is 10.5. The number of carboxylic acid groups (broad SMARTS) is 1. The van der Waals surface area contributed by atoms with Gasteiger partial charge in [-0.2, -0.15) is 0 Å². The van der Waals surface area contributed by atoms with Gasteiger partial charge in [0.25, 0.3) is 0 Å². The predicted octanol–water partition coefficient (Wildman–Crippen LogP) is 1.39. The largest absolute Gasteiger partial charge is 0.476 e. The molecule has 5 heteroatoms. The van der Waals surface area contributed by atoms with Crippen molar-refractivity contribution in [1.82, 2.24) is 9.97 Å². The Kier molecular flexibility index (Phi) is 3.39. The van der Waals surface area contributed by atoms with E-state index in [0.29, 0.717) is 11.9 Å². The van der Waals surface area contributed by atoms with Crippen LogP contribution in [0.3, 0.4) is 0 Å². The number of carboxylic acids is 1. The Hall–Kier alpha value is -1.65. The summed E-state index contributed by atoms with van der Waals surface area (Å²) in [6.07, 6.45) is 3.64. The van der Waals surface area contributed by atoms with Crippen molar-refractivity contribution in [2.24, 2.45) is 0 Å². The summed E-state index contributed by atoms with van der Waals surface area (Å²) < 4.78 is 0. The van der Waals surface area contributed by atoms with Gasteiger partial charge < -0.3 is 10.4 Å². The monoisotopic (exact) mass is 195 g/mol. The predicted molar refractivity (Wildman–Crippen MR) is 52.4 cm³/mol. The molecule has 2 N–H and O–H groups in total. The standard InChI is InChI=1S/C9H13N3O2/c1-3-6(2)12-8-5-10-7(4-11-8)9(13)14/h4-6H,3H2,1-2H3,(H,11,12)(H,13,14). The molecule has 0 saturated carbocycles. The van der Waals surface area contributed by atoms with E-state index in [2.05, 4.69) is 22.2 Å². The summed E-state index contributed by atoms with van der Waals surface area (Å²) in [7, 11) is 0. The van der Waals surface area contributed by atoms with Gasteiger partial charge >= 0.3 is 5.97 Å². The quantitative estimate of drug-likeness (QED) is 0.759. The van der Waals surface area contributed by atoms with Crippen LogP contribution in [-0.4, -0.2) is 27.1 Å². The van der Waals surface area contributed by atoms with Crippen LogP contribution < -0.4 is 5.32 Å². The van der Waals surface area contributed by atoms with Crippen LogP contribution in [0.25, 0.3) is 0 Å². The Bertz CT molecular complexity index is 310. The summed E-state index contributed by atoms with van der Waals surface area (Å²) in [5.74, 6) is -0.461. The Labute approximate surface area is 82.2 Å². The molecule has 14 heavy (non-hydrogen) atoms. The lowest BCUT2D eigenvalue weighted by atomic mass is 10.3. The average Bonchev–Trinajstić information content (AvgIpc) is 2.18. The van der Waals surface area contributed by atoms with Gasteiger partial charge in [0.15, 0.2) is 5.69 Å². The van der Waals surface area contributed by atoms with Gasteiger partial charge in [0, 0.05) is 6.04 Å². The SMILES string of the molecule is CCC(C)Nc1cnc(C(=O)O)cn1. The number of aromatic carboxylic acids is 1. The molecule has 0 saturated heterocycles. The molecule has 1 aromatic rings. The van der Waals surface area contributed by atoms with E-state index in [4.69, 9.17) is 5.11 Å². The zero-order valence-corrected chi connectivity index (χ0v) is 8.19. The van der Waals surface area contributed by atoms with Crippen LogP contribution in [0.5, 0.6) is 0 Å². The van der Waals surface area contributed by atoms with Crippen molar-refractivity contribution in [3.63, 3.8) is 0 Å². The molecule has 0 aromatic carbocycles. The number of anilines is 1. The second-order valence-corrected chi connectivity index (χ2v) is 3.05. The molecule has 0 radical (unpaired) electrons. The average molecular weight is 195 g/mol. The van der Waals surface area contributed by atoms with Gasteiger partial charge in [-0.05, 0) is 13.3 Å². The molecule has 76 valence electrons. The summed E-state index contributed by atoms with van der Waals surface area (Å²) >= 11 is 0. The Balaban J connectivity index is 2.68. The van der Waals surface area contributed by atoms with Crippen molar-refractivity contribution in [3.05, 3.63) is 18.1 Å². The molecule has 0 amide bonds. The molecular formula is C9H13N3O2. The summed E-state index contributed by atoms with van der Waals surface area (Å²) in [5, 5.41) is 11.7. The van der Waals surface area contributed by atoms with Gasteiger partial charge in [-0.25, -0.2) is 14.8 Å². The highest BCUT2D eigenvalue weighted by molar-refractivity contribution is 5.84. The van der Waals surface area contributed by atoms with Crippen molar-refractivity contribution in [3.8, 4) is 0 Å². The number of hydrogen-bond acceptors (Lipinski definition) is 4. The summed E-state index contributed by atoms with van der Waals surface area (Å²) in [4.78, 5) is 18.1. The number of nitrogens with one attached hydrogen (secondary N) is 1. The zero-order chi connectivity index (χ0) is 10.6. The fourth-order valence-corrected chi connectivity index (χ4v) is 0.868. The second-order valence-electron chi connectivity index (χ2n) is 3.05. The molecule has 0 aliphatic rings. The van der Waals surface area contributed by atoms with E-state index in [-0.39, 0.29) is 5.69 Å². The van der Waals surface area contributed by atoms with E-state index in [1.165, 1.54) is 12.4 Å². The van der Waals surface area contributed by atoms with Crippen molar-refractivity contribution in [2.75, 3.05) is 5.32 Å². The van der Waals surface area contributed by atoms with Gasteiger partial charge in [0.05, 0.1) is 12.4 Å². The molecule has 1 atom stereocenters. The van der Waals surface area contributed by atoms with Gasteiger partial charge in [-0.3, -0.25) is 0 Å². The van der Waals surface area contributed by atoms with Crippen molar-refractivity contribution >= 4 is 11.8 Å². The molecule has 0 aliphatic heterocycles. The summed E-state index contributed by atoms with van der Waals surface area (Å²) in [5.41, 5.74) is -0.0419. The molecule has 1 rings (SSSR count). The lowest BCUT2D eigenvalue weighted by Crippen LogP contribution is -2.15. The molecule has 5 nitrogen and oxygen atoms in total. The maximum Gasteiger partial charge on any atom is 0.356 e. The lowest BCUT2D eigenvalue weighted by molar-refractivity contribution is 0.0690. The first-order chi connectivity index (χ1) is 6.63. The Morgan fingerprint density at radius 1 is 1.57 bits per heavy atom. The van der Waals surface area contributed by atoms with Crippen LogP contribution in [0.1, 0.15) is 30.8 Å². The minimum Gasteiger partial charge on any atom is -0.476 e. The van der Waals surface area contributed by atoms with Crippen LogP contribution in [-0.2, 0) is 0 Å². The molecule has 0 bridgehead atoms. The zero-order valence-electron chi connectivity index (χ0n) is 8.19. The molecule has 1 heterocycles. The third kappa shape index (κ3) is 2.69. The van der Waals surface area contributed by atoms with E-state index in [0.717, 1.165) is 6.42 Å². The number of rotatable bonds is 4. The van der Waals surface area contributed by atoms with E-state index in [1.807, 2.05) is 6.92 Å². The van der Waals surface area contributed by atoms with Crippen LogP contribution in [0.15, 0.2) is 12.4 Å². The highest BCUT2D eigenvalue weighted by atomic mass is 16.4. The van der Waals surface area contributed by atoms with E-state index < -0.39 is 5.97 Å². The highest BCUT2D eigenvalue weighted by Gasteiger charge is 2.05. The Morgan fingerprint density at radius 3 is 2.71 bits per heavy atom. The van der Waals surface area contributed by atoms with Crippen LogP contribution in [0, 0.1) is 0 Å². The first kappa shape index (κ1) is 10.4. The molecule has 1 unspecified atom stereocenters. The maximum absolute atomic E-state index is 10.5. The topological polar surface area (TPSA) is 75.1 Å². The third-order valence-electron chi connectivity index (χ3n) is 1.88. The van der Waals surface area contributed by atoms with Crippen LogP contribution in [0.2, 0.25) is 0 Å². The molecule has 0 fully saturated rings. The van der Waals surface area contributed by atoms with Gasteiger partial charge in [0.1, 0.15) is 5.82 Å². The molecular weight excluding hydrogens is 182 g/mol. The first-order valence-corrected chi connectivity index (χ1v) is 4.45. The fraction of sp³-hybridized carbons (Fsp3) is 0.444. The number of aromatic nitrogens is 2. The first-order valence-electron chi connectivity index (χ1n) is 4.45. The van der Waals surface area contributed by atoms with E-state index in [9.17, 15) is 4.79 Å². The van der Waals surface area contributed by atoms with E-state index in [1.54, 1.807) is 0 Å². The molecule has 0 spiro atoms. The van der Waals surface area contributed by atoms with Crippen molar-refractivity contribution in [2.45, 2.75) is 26.3 Å². The lowest BCUT2D eigenvalue weighted by Gasteiger charge is -2.10. The van der Waals surface area contributed by atoms with Crippen LogP contribution in [0.4, 0.5) is 5.82 Å². The van der Waals surface area contributed by atoms with Crippen LogP contribution >= 0.6 is 0 Å². The van der Waals surface area contributed by atoms with Crippen molar-refractivity contribution < 1.29 is 9.90 Å². The fourth-order valence-electron chi connectivity index (χ4n) is 0.868. The van der Waals surface area contributed by atoms with Crippen molar-refractivity contribution in [1.29, 1.82) is 0 Å². The summed E-state index contributed by atoms with van der Waals surface area (Å²) in [6.45, 7) is 4.07. The highest BCUT2D eigenvalue weighted by Crippen LogP contribution is 2.04. The summed E-state index contributed by atoms with van der Waals surface area (Å²) in [6, 6.07) is 0.306. The van der Waals surface area contributed by atoms with Gasteiger partial charge in [-0.1, -0.05) is 6.92 Å². The van der Waals surface area contributed by atoms with Gasteiger partial charge in [0.2, 0.25) is 0 Å². The minimum absolute atomic E-state index is 0.0419. The normalized spacial score (nSPS) is 12.1. The van der Waals surface area contributed by atoms with E-state index >= 15 is 0 Å². The smallest absolute Gasteiger partial charge is 0.356 e. The van der Waals surface area contributed by atoms with Gasteiger partial charge in [-0.15, -0.1) is 0 Å². The number of hydrogen-bond donors (Lipinski definition) is 2. The number of nitrogens with zero attached hydrogens (tertiary/aromatic N) is 2. The number of carbonyl (C=O) groups is 1. The third-order valence-corrected chi connectivity index (χ3v) is 1.88. The molecule has 1 aromatic heterocycles.